The molecule has 0 aromatic heterocycles. The van der Waals surface area contributed by atoms with Crippen molar-refractivity contribution >= 4 is 17.3 Å². The van der Waals surface area contributed by atoms with Crippen molar-refractivity contribution in [3.8, 4) is 0 Å². The van der Waals surface area contributed by atoms with Gasteiger partial charge in [0.15, 0.2) is 0 Å². The third-order valence-corrected chi connectivity index (χ3v) is 4.77. The molecule has 0 amide bonds. The maximum absolute atomic E-state index is 6.53. The third-order valence-electron chi connectivity index (χ3n) is 4.46. The van der Waals surface area contributed by atoms with E-state index in [0.717, 1.165) is 24.4 Å². The highest BCUT2D eigenvalue weighted by Gasteiger charge is 2.25. The number of piperidine rings is 1. The molecule has 2 unspecified atom stereocenters. The Morgan fingerprint density at radius 1 is 1.35 bits per heavy atom. The number of nitrogens with two attached hydrogens (primary N) is 1. The van der Waals surface area contributed by atoms with Gasteiger partial charge in [0, 0.05) is 18.6 Å². The van der Waals surface area contributed by atoms with Crippen molar-refractivity contribution in [2.75, 3.05) is 11.4 Å². The number of anilines is 1. The predicted octanol–water partition coefficient (Wildman–Crippen LogP) is 4.39. The van der Waals surface area contributed by atoms with Gasteiger partial charge in [-0.1, -0.05) is 37.6 Å². The quantitative estimate of drug-likeness (QED) is 0.873. The second kappa shape index (κ2) is 7.33. The fraction of sp³-hybridized carbons (Fsp3) is 0.647. The Kier molecular flexibility index (Phi) is 5.74. The number of para-hydroxylation sites is 1. The minimum Gasteiger partial charge on any atom is -0.367 e. The van der Waals surface area contributed by atoms with Gasteiger partial charge in [0.1, 0.15) is 0 Å². The first-order valence-electron chi connectivity index (χ1n) is 7.97. The first-order valence-corrected chi connectivity index (χ1v) is 8.34. The van der Waals surface area contributed by atoms with Crippen molar-refractivity contribution in [3.63, 3.8) is 0 Å². The van der Waals surface area contributed by atoms with Crippen LogP contribution in [-0.2, 0) is 6.42 Å². The lowest BCUT2D eigenvalue weighted by Crippen LogP contribution is -2.40. The van der Waals surface area contributed by atoms with Gasteiger partial charge in [0.25, 0.3) is 0 Å². The number of rotatable bonds is 5. The normalized spacial score (nSPS) is 21.0. The number of hydrogen-bond donors (Lipinski definition) is 1. The van der Waals surface area contributed by atoms with Gasteiger partial charge in [-0.15, -0.1) is 0 Å². The van der Waals surface area contributed by atoms with Crippen LogP contribution in [0.5, 0.6) is 0 Å². The standard InChI is InChI=1S/C17H27ClN2/c1-3-14(19)12-13-8-7-10-16(18)17(13)20-11-6-5-9-15(20)4-2/h7-8,10,14-15H,3-6,9,11-12,19H2,1-2H3. The van der Waals surface area contributed by atoms with Crippen LogP contribution >= 0.6 is 11.6 Å². The molecule has 112 valence electrons. The maximum atomic E-state index is 6.53. The Labute approximate surface area is 128 Å². The molecule has 0 aliphatic carbocycles. The van der Waals surface area contributed by atoms with Gasteiger partial charge in [-0.05, 0) is 50.2 Å². The maximum Gasteiger partial charge on any atom is 0.0642 e. The molecule has 3 heteroatoms. The highest BCUT2D eigenvalue weighted by Crippen LogP contribution is 2.35. The molecule has 1 aliphatic rings. The van der Waals surface area contributed by atoms with E-state index in [0.29, 0.717) is 6.04 Å². The summed E-state index contributed by atoms with van der Waals surface area (Å²) in [5.41, 5.74) is 8.71. The zero-order valence-corrected chi connectivity index (χ0v) is 13.5. The average Bonchev–Trinajstić information content (AvgIpc) is 2.47. The monoisotopic (exact) mass is 294 g/mol. The summed E-state index contributed by atoms with van der Waals surface area (Å²) in [7, 11) is 0. The van der Waals surface area contributed by atoms with Gasteiger partial charge in [-0.25, -0.2) is 0 Å². The predicted molar refractivity (Wildman–Crippen MR) is 88.7 cm³/mol. The number of halogens is 1. The molecule has 1 aromatic rings. The van der Waals surface area contributed by atoms with Gasteiger partial charge < -0.3 is 10.6 Å². The van der Waals surface area contributed by atoms with Gasteiger partial charge in [0.05, 0.1) is 10.7 Å². The van der Waals surface area contributed by atoms with Crippen LogP contribution in [0.1, 0.15) is 51.5 Å². The molecule has 0 radical (unpaired) electrons. The van der Waals surface area contributed by atoms with Crippen molar-refractivity contribution in [2.24, 2.45) is 5.73 Å². The molecule has 0 saturated carbocycles. The minimum absolute atomic E-state index is 0.220. The average molecular weight is 295 g/mol. The van der Waals surface area contributed by atoms with Crippen LogP contribution in [-0.4, -0.2) is 18.6 Å². The number of nitrogens with zero attached hydrogens (tertiary/aromatic N) is 1. The molecule has 20 heavy (non-hydrogen) atoms. The van der Waals surface area contributed by atoms with Crippen molar-refractivity contribution < 1.29 is 0 Å². The Balaban J connectivity index is 2.32. The highest BCUT2D eigenvalue weighted by atomic mass is 35.5. The first kappa shape index (κ1) is 15.7. The second-order valence-corrected chi connectivity index (χ2v) is 6.28. The van der Waals surface area contributed by atoms with E-state index in [1.807, 2.05) is 6.07 Å². The van der Waals surface area contributed by atoms with Crippen LogP contribution in [0, 0.1) is 0 Å². The number of benzene rings is 1. The van der Waals surface area contributed by atoms with Crippen LogP contribution in [0.3, 0.4) is 0 Å². The zero-order valence-electron chi connectivity index (χ0n) is 12.7. The SMILES string of the molecule is CCC(N)Cc1cccc(Cl)c1N1CCCCC1CC. The van der Waals surface area contributed by atoms with E-state index in [1.54, 1.807) is 0 Å². The molecule has 0 spiro atoms. The van der Waals surface area contributed by atoms with Crippen molar-refractivity contribution in [3.05, 3.63) is 28.8 Å². The van der Waals surface area contributed by atoms with E-state index in [1.165, 1.54) is 36.9 Å². The molecular formula is C17H27ClN2. The molecule has 0 bridgehead atoms. The molecule has 1 aliphatic heterocycles. The molecular weight excluding hydrogens is 268 g/mol. The van der Waals surface area contributed by atoms with E-state index >= 15 is 0 Å². The molecule has 2 nitrogen and oxygen atoms in total. The second-order valence-electron chi connectivity index (χ2n) is 5.87. The molecule has 1 saturated heterocycles. The molecule has 2 N–H and O–H groups in total. The molecule has 1 aromatic carbocycles. The van der Waals surface area contributed by atoms with Crippen LogP contribution < -0.4 is 10.6 Å². The van der Waals surface area contributed by atoms with E-state index in [-0.39, 0.29) is 6.04 Å². The van der Waals surface area contributed by atoms with E-state index in [2.05, 4.69) is 30.9 Å². The minimum atomic E-state index is 0.220. The molecule has 2 atom stereocenters. The Morgan fingerprint density at radius 3 is 2.85 bits per heavy atom. The Bertz CT molecular complexity index is 433. The summed E-state index contributed by atoms with van der Waals surface area (Å²) in [4.78, 5) is 2.53. The third kappa shape index (κ3) is 3.48. The topological polar surface area (TPSA) is 29.3 Å². The van der Waals surface area contributed by atoms with Crippen molar-refractivity contribution in [1.29, 1.82) is 0 Å². The summed E-state index contributed by atoms with van der Waals surface area (Å²) in [6.45, 7) is 5.54. The van der Waals surface area contributed by atoms with Crippen LogP contribution in [0.25, 0.3) is 0 Å². The first-order chi connectivity index (χ1) is 9.67. The Hall–Kier alpha value is -0.730. The lowest BCUT2D eigenvalue weighted by molar-refractivity contribution is 0.448. The lowest BCUT2D eigenvalue weighted by atomic mass is 9.96. The van der Waals surface area contributed by atoms with Crippen LogP contribution in [0.4, 0.5) is 5.69 Å². The molecule has 1 fully saturated rings. The van der Waals surface area contributed by atoms with Crippen molar-refractivity contribution in [2.45, 2.75) is 64.5 Å². The van der Waals surface area contributed by atoms with Gasteiger partial charge >= 0.3 is 0 Å². The smallest absolute Gasteiger partial charge is 0.0642 e. The summed E-state index contributed by atoms with van der Waals surface area (Å²) in [5, 5.41) is 0.881. The fourth-order valence-electron chi connectivity index (χ4n) is 3.19. The molecule has 1 heterocycles. The molecule has 2 rings (SSSR count). The Morgan fingerprint density at radius 2 is 2.15 bits per heavy atom. The van der Waals surface area contributed by atoms with Crippen LogP contribution in [0.15, 0.2) is 18.2 Å². The summed E-state index contributed by atoms with van der Waals surface area (Å²) in [6.07, 6.45) is 6.98. The van der Waals surface area contributed by atoms with Crippen molar-refractivity contribution in [1.82, 2.24) is 0 Å². The lowest BCUT2D eigenvalue weighted by Gasteiger charge is -2.39. The highest BCUT2D eigenvalue weighted by molar-refractivity contribution is 6.33. The zero-order chi connectivity index (χ0) is 14.5. The number of hydrogen-bond acceptors (Lipinski definition) is 2. The van der Waals surface area contributed by atoms with E-state index in [4.69, 9.17) is 17.3 Å². The van der Waals surface area contributed by atoms with Gasteiger partial charge in [-0.2, -0.15) is 0 Å². The summed E-state index contributed by atoms with van der Waals surface area (Å²) in [6, 6.07) is 7.10. The summed E-state index contributed by atoms with van der Waals surface area (Å²) in [5.74, 6) is 0. The summed E-state index contributed by atoms with van der Waals surface area (Å²) >= 11 is 6.53. The van der Waals surface area contributed by atoms with E-state index < -0.39 is 0 Å². The van der Waals surface area contributed by atoms with Crippen LogP contribution in [0.2, 0.25) is 5.02 Å². The summed E-state index contributed by atoms with van der Waals surface area (Å²) < 4.78 is 0. The largest absolute Gasteiger partial charge is 0.367 e. The van der Waals surface area contributed by atoms with Gasteiger partial charge in [0.2, 0.25) is 0 Å². The fourth-order valence-corrected chi connectivity index (χ4v) is 3.50. The van der Waals surface area contributed by atoms with Gasteiger partial charge in [-0.3, -0.25) is 0 Å². The van der Waals surface area contributed by atoms with E-state index in [9.17, 15) is 0 Å².